The Kier molecular flexibility index (Phi) is 4.26. The van der Waals surface area contributed by atoms with Crippen LogP contribution < -0.4 is 4.90 Å². The first kappa shape index (κ1) is 13.2. The Morgan fingerprint density at radius 3 is 2.18 bits per heavy atom. The molecule has 1 rings (SSSR count). The number of allylic oxidation sites excluding steroid dienone is 1. The quantitative estimate of drug-likeness (QED) is 0.594. The third-order valence-corrected chi connectivity index (χ3v) is 2.53. The zero-order chi connectivity index (χ0) is 13.0. The van der Waals surface area contributed by atoms with E-state index >= 15 is 0 Å². The van der Waals surface area contributed by atoms with Crippen molar-refractivity contribution in [3.05, 3.63) is 45.6 Å². The Bertz CT molecular complexity index is 420. The molecule has 0 aliphatic rings. The summed E-state index contributed by atoms with van der Waals surface area (Å²) in [5, 5.41) is 10.8. The molecule has 1 aromatic carbocycles. The summed E-state index contributed by atoms with van der Waals surface area (Å²) in [5.41, 5.74) is 2.17. The first-order chi connectivity index (χ1) is 7.91. The van der Waals surface area contributed by atoms with Crippen LogP contribution in [0, 0.1) is 16.0 Å². The number of hydrogen-bond acceptors (Lipinski definition) is 3. The number of nitro groups is 1. The van der Waals surface area contributed by atoms with Gasteiger partial charge in [-0.25, -0.2) is 0 Å². The summed E-state index contributed by atoms with van der Waals surface area (Å²) >= 11 is 0. The highest BCUT2D eigenvalue weighted by molar-refractivity contribution is 5.56. The monoisotopic (exact) mass is 234 g/mol. The molecule has 0 unspecified atom stereocenters. The standard InChI is InChI=1S/C13H18N2O2/c1-10(2)13(15(16)17)9-11-5-7-12(8-6-11)14(3)4/h5-10H,1-4H3/b13-9-. The summed E-state index contributed by atoms with van der Waals surface area (Å²) in [6, 6.07) is 7.68. The van der Waals surface area contributed by atoms with Crippen LogP contribution in [0.25, 0.3) is 6.08 Å². The van der Waals surface area contributed by atoms with Gasteiger partial charge in [0.25, 0.3) is 0 Å². The molecule has 0 saturated carbocycles. The van der Waals surface area contributed by atoms with Gasteiger partial charge in [0, 0.05) is 31.8 Å². The fourth-order valence-electron chi connectivity index (χ4n) is 1.47. The van der Waals surface area contributed by atoms with Gasteiger partial charge in [-0.2, -0.15) is 0 Å². The lowest BCUT2D eigenvalue weighted by Gasteiger charge is -2.11. The first-order valence-electron chi connectivity index (χ1n) is 5.55. The van der Waals surface area contributed by atoms with E-state index in [0.29, 0.717) is 0 Å². The summed E-state index contributed by atoms with van der Waals surface area (Å²) in [5.74, 6) is -0.0847. The third-order valence-electron chi connectivity index (χ3n) is 2.53. The van der Waals surface area contributed by atoms with Crippen molar-refractivity contribution in [3.63, 3.8) is 0 Å². The maximum absolute atomic E-state index is 10.8. The Labute approximate surface area is 102 Å². The predicted octanol–water partition coefficient (Wildman–Crippen LogP) is 3.03. The second kappa shape index (κ2) is 5.48. The van der Waals surface area contributed by atoms with Crippen molar-refractivity contribution in [2.24, 2.45) is 5.92 Å². The van der Waals surface area contributed by atoms with Crippen LogP contribution in [0.1, 0.15) is 19.4 Å². The van der Waals surface area contributed by atoms with Crippen LogP contribution in [-0.2, 0) is 0 Å². The van der Waals surface area contributed by atoms with E-state index in [0.717, 1.165) is 11.3 Å². The smallest absolute Gasteiger partial charge is 0.249 e. The highest BCUT2D eigenvalue weighted by atomic mass is 16.6. The molecule has 0 atom stereocenters. The molecule has 0 aliphatic heterocycles. The number of hydrogen-bond donors (Lipinski definition) is 0. The van der Waals surface area contributed by atoms with Gasteiger partial charge in [-0.1, -0.05) is 26.0 Å². The van der Waals surface area contributed by atoms with E-state index in [1.807, 2.05) is 57.1 Å². The van der Waals surface area contributed by atoms with E-state index in [1.165, 1.54) is 0 Å². The fraction of sp³-hybridized carbons (Fsp3) is 0.385. The first-order valence-corrected chi connectivity index (χ1v) is 5.55. The minimum Gasteiger partial charge on any atom is -0.378 e. The van der Waals surface area contributed by atoms with E-state index < -0.39 is 0 Å². The maximum atomic E-state index is 10.8. The molecular formula is C13H18N2O2. The molecule has 0 bridgehead atoms. The van der Waals surface area contributed by atoms with Crippen molar-refractivity contribution in [3.8, 4) is 0 Å². The highest BCUT2D eigenvalue weighted by Gasteiger charge is 2.15. The predicted molar refractivity (Wildman–Crippen MR) is 70.6 cm³/mol. The topological polar surface area (TPSA) is 46.4 Å². The summed E-state index contributed by atoms with van der Waals surface area (Å²) in [4.78, 5) is 12.5. The summed E-state index contributed by atoms with van der Waals surface area (Å²) in [6.45, 7) is 3.64. The Balaban J connectivity index is 3.01. The number of nitrogens with zero attached hydrogens (tertiary/aromatic N) is 2. The lowest BCUT2D eigenvalue weighted by Crippen LogP contribution is -2.08. The van der Waals surface area contributed by atoms with Gasteiger partial charge in [-0.05, 0) is 17.7 Å². The lowest BCUT2D eigenvalue weighted by molar-refractivity contribution is -0.431. The van der Waals surface area contributed by atoms with Gasteiger partial charge in [0.1, 0.15) is 0 Å². The molecule has 17 heavy (non-hydrogen) atoms. The van der Waals surface area contributed by atoms with Gasteiger partial charge in [-0.3, -0.25) is 10.1 Å². The van der Waals surface area contributed by atoms with Gasteiger partial charge in [0.05, 0.1) is 4.92 Å². The molecule has 0 aliphatic carbocycles. The van der Waals surface area contributed by atoms with Gasteiger partial charge in [0.15, 0.2) is 0 Å². The molecule has 0 N–H and O–H groups in total. The van der Waals surface area contributed by atoms with Crippen LogP contribution in [0.5, 0.6) is 0 Å². The number of anilines is 1. The molecule has 0 spiro atoms. The SMILES string of the molecule is CC(C)/C(=C/c1ccc(N(C)C)cc1)[N+](=O)[O-]. The van der Waals surface area contributed by atoms with E-state index in [-0.39, 0.29) is 16.5 Å². The van der Waals surface area contributed by atoms with Gasteiger partial charge < -0.3 is 4.90 Å². The second-order valence-corrected chi connectivity index (χ2v) is 4.47. The summed E-state index contributed by atoms with van der Waals surface area (Å²) in [6.07, 6.45) is 1.63. The molecular weight excluding hydrogens is 216 g/mol. The average molecular weight is 234 g/mol. The normalized spacial score (nSPS) is 11.7. The number of rotatable bonds is 4. The largest absolute Gasteiger partial charge is 0.378 e. The molecule has 0 heterocycles. The fourth-order valence-corrected chi connectivity index (χ4v) is 1.47. The van der Waals surface area contributed by atoms with E-state index in [1.54, 1.807) is 6.08 Å². The van der Waals surface area contributed by atoms with Crippen LogP contribution in [-0.4, -0.2) is 19.0 Å². The minimum absolute atomic E-state index is 0.0847. The van der Waals surface area contributed by atoms with Crippen LogP contribution in [0.4, 0.5) is 5.69 Å². The second-order valence-electron chi connectivity index (χ2n) is 4.47. The Hall–Kier alpha value is -1.84. The van der Waals surface area contributed by atoms with Crippen molar-refractivity contribution in [2.75, 3.05) is 19.0 Å². The Morgan fingerprint density at radius 1 is 1.29 bits per heavy atom. The van der Waals surface area contributed by atoms with Crippen molar-refractivity contribution >= 4 is 11.8 Å². The van der Waals surface area contributed by atoms with E-state index in [2.05, 4.69) is 0 Å². The molecule has 0 fully saturated rings. The molecule has 1 aromatic rings. The Morgan fingerprint density at radius 2 is 1.82 bits per heavy atom. The molecule has 0 saturated heterocycles. The molecule has 0 aromatic heterocycles. The van der Waals surface area contributed by atoms with Crippen LogP contribution in [0.15, 0.2) is 30.0 Å². The molecule has 4 heteroatoms. The average Bonchev–Trinajstić information content (AvgIpc) is 2.25. The van der Waals surface area contributed by atoms with Crippen molar-refractivity contribution < 1.29 is 4.92 Å². The maximum Gasteiger partial charge on any atom is 0.249 e. The van der Waals surface area contributed by atoms with Gasteiger partial charge in [0.2, 0.25) is 5.70 Å². The molecule has 92 valence electrons. The molecule has 0 amide bonds. The van der Waals surface area contributed by atoms with Crippen molar-refractivity contribution in [2.45, 2.75) is 13.8 Å². The third kappa shape index (κ3) is 3.59. The van der Waals surface area contributed by atoms with Gasteiger partial charge >= 0.3 is 0 Å². The van der Waals surface area contributed by atoms with Crippen LogP contribution in [0.3, 0.4) is 0 Å². The number of benzene rings is 1. The van der Waals surface area contributed by atoms with Gasteiger partial charge in [-0.15, -0.1) is 0 Å². The zero-order valence-electron chi connectivity index (χ0n) is 10.7. The van der Waals surface area contributed by atoms with E-state index in [4.69, 9.17) is 0 Å². The van der Waals surface area contributed by atoms with Crippen molar-refractivity contribution in [1.82, 2.24) is 0 Å². The zero-order valence-corrected chi connectivity index (χ0v) is 10.7. The highest BCUT2D eigenvalue weighted by Crippen LogP contribution is 2.18. The van der Waals surface area contributed by atoms with E-state index in [9.17, 15) is 10.1 Å². The molecule has 0 radical (unpaired) electrons. The van der Waals surface area contributed by atoms with Crippen LogP contribution >= 0.6 is 0 Å². The summed E-state index contributed by atoms with van der Waals surface area (Å²) in [7, 11) is 3.92. The lowest BCUT2D eigenvalue weighted by atomic mass is 10.1. The van der Waals surface area contributed by atoms with Crippen molar-refractivity contribution in [1.29, 1.82) is 0 Å². The van der Waals surface area contributed by atoms with Crippen LogP contribution in [0.2, 0.25) is 0 Å². The molecule has 4 nitrogen and oxygen atoms in total. The minimum atomic E-state index is -0.315. The summed E-state index contributed by atoms with van der Waals surface area (Å²) < 4.78 is 0.